The molecule has 0 atom stereocenters. The standard InChI is InChI=1S/C52H33NO2/c1-3-13-34(14-4-1)36-15-11-16-37(31-36)38-27-30-42-46-33-45(41-19-7-8-20-43(41)52(46)55-50(42)32-38)35-25-28-40(29-26-35)53(39-17-5-2-6-18-39)47-22-12-24-49-51(47)44-21-9-10-23-48(44)54-49/h1-33H. The van der Waals surface area contributed by atoms with Gasteiger partial charge in [0.2, 0.25) is 0 Å². The molecular formula is C52H33NO2. The molecule has 2 heterocycles. The van der Waals surface area contributed by atoms with Crippen LogP contribution in [0.2, 0.25) is 0 Å². The van der Waals surface area contributed by atoms with Crippen LogP contribution in [0.15, 0.2) is 209 Å². The fraction of sp³-hybridized carbons (Fsp3) is 0. The van der Waals surface area contributed by atoms with E-state index >= 15 is 0 Å². The molecule has 55 heavy (non-hydrogen) atoms. The number of nitrogens with zero attached hydrogens (tertiary/aromatic N) is 1. The summed E-state index contributed by atoms with van der Waals surface area (Å²) in [5.41, 5.74) is 13.8. The average molecular weight is 704 g/mol. The molecule has 0 fully saturated rings. The lowest BCUT2D eigenvalue weighted by Crippen LogP contribution is -2.10. The largest absolute Gasteiger partial charge is 0.456 e. The van der Waals surface area contributed by atoms with E-state index in [4.69, 9.17) is 8.83 Å². The summed E-state index contributed by atoms with van der Waals surface area (Å²) in [5.74, 6) is 0. The van der Waals surface area contributed by atoms with Crippen molar-refractivity contribution in [1.29, 1.82) is 0 Å². The first-order chi connectivity index (χ1) is 27.3. The lowest BCUT2D eigenvalue weighted by Gasteiger charge is -2.26. The highest BCUT2D eigenvalue weighted by molar-refractivity contribution is 6.19. The van der Waals surface area contributed by atoms with Crippen LogP contribution in [0.3, 0.4) is 0 Å². The van der Waals surface area contributed by atoms with Gasteiger partial charge in [-0.15, -0.1) is 0 Å². The van der Waals surface area contributed by atoms with Gasteiger partial charge in [-0.1, -0.05) is 133 Å². The molecule has 9 aromatic carbocycles. The average Bonchev–Trinajstić information content (AvgIpc) is 3.83. The van der Waals surface area contributed by atoms with Gasteiger partial charge in [0.25, 0.3) is 0 Å². The van der Waals surface area contributed by atoms with Crippen LogP contribution in [-0.4, -0.2) is 0 Å². The molecule has 0 amide bonds. The fourth-order valence-corrected chi connectivity index (χ4v) is 8.26. The van der Waals surface area contributed by atoms with E-state index in [1.807, 2.05) is 12.1 Å². The van der Waals surface area contributed by atoms with Crippen molar-refractivity contribution >= 4 is 71.7 Å². The van der Waals surface area contributed by atoms with Crippen LogP contribution in [0.4, 0.5) is 17.1 Å². The number of furan rings is 2. The van der Waals surface area contributed by atoms with Crippen molar-refractivity contribution in [2.75, 3.05) is 4.90 Å². The van der Waals surface area contributed by atoms with Crippen molar-refractivity contribution in [2.45, 2.75) is 0 Å². The molecule has 2 aromatic heterocycles. The Bertz CT molecular complexity index is 3190. The van der Waals surface area contributed by atoms with E-state index in [0.29, 0.717) is 0 Å². The minimum Gasteiger partial charge on any atom is -0.456 e. The number of benzene rings is 9. The third kappa shape index (κ3) is 5.20. The molecule has 3 nitrogen and oxygen atoms in total. The normalized spacial score (nSPS) is 11.6. The van der Waals surface area contributed by atoms with E-state index < -0.39 is 0 Å². The second-order valence-corrected chi connectivity index (χ2v) is 14.1. The first-order valence-corrected chi connectivity index (χ1v) is 18.7. The highest BCUT2D eigenvalue weighted by atomic mass is 16.3. The molecule has 3 heteroatoms. The van der Waals surface area contributed by atoms with Crippen LogP contribution in [0.5, 0.6) is 0 Å². The predicted molar refractivity (Wildman–Crippen MR) is 229 cm³/mol. The van der Waals surface area contributed by atoms with Gasteiger partial charge in [0.15, 0.2) is 0 Å². The van der Waals surface area contributed by atoms with Gasteiger partial charge in [-0.25, -0.2) is 0 Å². The summed E-state index contributed by atoms with van der Waals surface area (Å²) in [4.78, 5) is 2.33. The molecule has 0 aliphatic rings. The Balaban J connectivity index is 1.03. The van der Waals surface area contributed by atoms with Crippen LogP contribution >= 0.6 is 0 Å². The Hall–Kier alpha value is -7.36. The first-order valence-electron chi connectivity index (χ1n) is 18.7. The molecule has 0 saturated carbocycles. The molecule has 258 valence electrons. The molecule has 11 aromatic rings. The van der Waals surface area contributed by atoms with E-state index in [9.17, 15) is 0 Å². The maximum Gasteiger partial charge on any atom is 0.143 e. The van der Waals surface area contributed by atoms with E-state index in [1.165, 1.54) is 16.7 Å². The molecule has 0 unspecified atom stereocenters. The number of anilines is 3. The van der Waals surface area contributed by atoms with Gasteiger partial charge in [-0.3, -0.25) is 0 Å². The fourth-order valence-electron chi connectivity index (χ4n) is 8.26. The Labute approximate surface area is 317 Å². The Morgan fingerprint density at radius 2 is 0.909 bits per heavy atom. The molecule has 0 spiro atoms. The van der Waals surface area contributed by atoms with Crippen molar-refractivity contribution in [2.24, 2.45) is 0 Å². The summed E-state index contributed by atoms with van der Waals surface area (Å²) in [6.07, 6.45) is 0. The van der Waals surface area contributed by atoms with Crippen LogP contribution < -0.4 is 4.90 Å². The summed E-state index contributed by atoms with van der Waals surface area (Å²) in [6, 6.07) is 70.8. The van der Waals surface area contributed by atoms with Crippen molar-refractivity contribution in [3.05, 3.63) is 200 Å². The first kappa shape index (κ1) is 31.2. The molecule has 0 aliphatic carbocycles. The lowest BCUT2D eigenvalue weighted by atomic mass is 9.94. The topological polar surface area (TPSA) is 29.5 Å². The second-order valence-electron chi connectivity index (χ2n) is 14.1. The Kier molecular flexibility index (Phi) is 7.17. The van der Waals surface area contributed by atoms with E-state index in [-0.39, 0.29) is 0 Å². The van der Waals surface area contributed by atoms with Crippen LogP contribution in [0.1, 0.15) is 0 Å². The molecule has 0 radical (unpaired) electrons. The zero-order valence-corrected chi connectivity index (χ0v) is 29.8. The molecule has 11 rings (SSSR count). The van der Waals surface area contributed by atoms with E-state index in [2.05, 4.69) is 193 Å². The van der Waals surface area contributed by atoms with E-state index in [1.54, 1.807) is 0 Å². The molecule has 0 N–H and O–H groups in total. The van der Waals surface area contributed by atoms with Crippen LogP contribution in [0.25, 0.3) is 88.0 Å². The molecular weight excluding hydrogens is 671 g/mol. The second kappa shape index (κ2) is 12.6. The monoisotopic (exact) mass is 703 g/mol. The Morgan fingerprint density at radius 1 is 0.309 bits per heavy atom. The molecule has 0 aliphatic heterocycles. The number of hydrogen-bond donors (Lipinski definition) is 0. The van der Waals surface area contributed by atoms with Crippen LogP contribution in [0, 0.1) is 0 Å². The van der Waals surface area contributed by atoms with Gasteiger partial charge in [0, 0.05) is 32.9 Å². The zero-order valence-electron chi connectivity index (χ0n) is 29.8. The van der Waals surface area contributed by atoms with Crippen LogP contribution in [-0.2, 0) is 0 Å². The van der Waals surface area contributed by atoms with Gasteiger partial charge in [0.1, 0.15) is 22.3 Å². The van der Waals surface area contributed by atoms with Crippen molar-refractivity contribution in [3.63, 3.8) is 0 Å². The van der Waals surface area contributed by atoms with Gasteiger partial charge in [-0.05, 0) is 105 Å². The van der Waals surface area contributed by atoms with Gasteiger partial charge in [-0.2, -0.15) is 0 Å². The molecule has 0 saturated heterocycles. The summed E-state index contributed by atoms with van der Waals surface area (Å²) >= 11 is 0. The maximum absolute atomic E-state index is 6.73. The predicted octanol–water partition coefficient (Wildman–Crippen LogP) is 15.1. The van der Waals surface area contributed by atoms with Gasteiger partial charge < -0.3 is 13.7 Å². The highest BCUT2D eigenvalue weighted by Gasteiger charge is 2.20. The minimum absolute atomic E-state index is 0.871. The third-order valence-corrected chi connectivity index (χ3v) is 10.9. The summed E-state index contributed by atoms with van der Waals surface area (Å²) in [6.45, 7) is 0. The number of rotatable bonds is 6. The summed E-state index contributed by atoms with van der Waals surface area (Å²) in [7, 11) is 0. The number of fused-ring (bicyclic) bond motifs is 8. The quantitative estimate of drug-likeness (QED) is 0.173. The third-order valence-electron chi connectivity index (χ3n) is 10.9. The van der Waals surface area contributed by atoms with Crippen molar-refractivity contribution < 1.29 is 8.83 Å². The van der Waals surface area contributed by atoms with Crippen molar-refractivity contribution in [1.82, 2.24) is 0 Å². The SMILES string of the molecule is c1ccc(-c2cccc(-c3ccc4c(c3)oc3c5ccccc5c(-c5ccc(N(c6ccccc6)c6cccc7oc8ccccc8c67)cc5)cc43)c2)cc1. The highest BCUT2D eigenvalue weighted by Crippen LogP contribution is 2.45. The number of hydrogen-bond acceptors (Lipinski definition) is 3. The van der Waals surface area contributed by atoms with Gasteiger partial charge in [0.05, 0.1) is 11.1 Å². The Morgan fingerprint density at radius 3 is 1.73 bits per heavy atom. The zero-order chi connectivity index (χ0) is 36.3. The lowest BCUT2D eigenvalue weighted by molar-refractivity contribution is 0.669. The summed E-state index contributed by atoms with van der Waals surface area (Å²) in [5, 5.41) is 6.69. The van der Waals surface area contributed by atoms with E-state index in [0.717, 1.165) is 88.4 Å². The van der Waals surface area contributed by atoms with Crippen molar-refractivity contribution in [3.8, 4) is 33.4 Å². The molecule has 0 bridgehead atoms. The smallest absolute Gasteiger partial charge is 0.143 e. The minimum atomic E-state index is 0.871. The summed E-state index contributed by atoms with van der Waals surface area (Å²) < 4.78 is 13.0. The number of para-hydroxylation sites is 2. The maximum atomic E-state index is 6.73. The van der Waals surface area contributed by atoms with Gasteiger partial charge >= 0.3 is 0 Å².